The van der Waals surface area contributed by atoms with Gasteiger partial charge >= 0.3 is 5.97 Å². The Bertz CT molecular complexity index is 781. The third-order valence-electron chi connectivity index (χ3n) is 11.8. The van der Waals surface area contributed by atoms with Crippen LogP contribution in [0.25, 0.3) is 0 Å². The van der Waals surface area contributed by atoms with E-state index >= 15 is 0 Å². The number of carbonyl (C=O) groups excluding carboxylic acids is 1. The van der Waals surface area contributed by atoms with E-state index in [0.717, 1.165) is 44.4 Å². The van der Waals surface area contributed by atoms with Crippen molar-refractivity contribution < 1.29 is 19.7 Å². The molecule has 0 aromatic heterocycles. The zero-order valence-corrected chi connectivity index (χ0v) is 17.2. The molecular formula is C24H34O4. The van der Waals surface area contributed by atoms with E-state index in [1.807, 2.05) is 0 Å². The fraction of sp³-hybridized carbons (Fsp3) is 0.958. The van der Waals surface area contributed by atoms with Gasteiger partial charge in [0.25, 0.3) is 0 Å². The summed E-state index contributed by atoms with van der Waals surface area (Å²) in [5, 5.41) is 22.2. The molecule has 0 bridgehead atoms. The van der Waals surface area contributed by atoms with Gasteiger partial charge in [-0.25, -0.2) is 0 Å². The van der Waals surface area contributed by atoms with Crippen LogP contribution in [-0.4, -0.2) is 33.5 Å². The lowest BCUT2D eigenvalue weighted by Gasteiger charge is -2.64. The summed E-state index contributed by atoms with van der Waals surface area (Å²) in [5.74, 6) is 4.33. The second-order valence-electron chi connectivity index (χ2n) is 12.3. The first kappa shape index (κ1) is 17.1. The summed E-state index contributed by atoms with van der Waals surface area (Å²) < 4.78 is 6.21. The van der Waals surface area contributed by atoms with E-state index in [1.165, 1.54) is 6.42 Å². The summed E-state index contributed by atoms with van der Waals surface area (Å²) in [4.78, 5) is 12.2. The Hall–Kier alpha value is -0.610. The molecule has 1 heterocycles. The molecule has 6 aliphatic carbocycles. The fourth-order valence-corrected chi connectivity index (χ4v) is 10.5. The minimum atomic E-state index is -0.663. The molecule has 0 amide bonds. The van der Waals surface area contributed by atoms with Crippen molar-refractivity contribution in [1.82, 2.24) is 0 Å². The summed E-state index contributed by atoms with van der Waals surface area (Å²) in [6.45, 7) is 4.82. The summed E-state index contributed by atoms with van der Waals surface area (Å²) in [6, 6.07) is 0. The average molecular weight is 387 g/mol. The highest BCUT2D eigenvalue weighted by Crippen LogP contribution is 2.83. The van der Waals surface area contributed by atoms with Gasteiger partial charge < -0.3 is 14.9 Å². The summed E-state index contributed by atoms with van der Waals surface area (Å²) in [6.07, 6.45) is 8.33. The first-order chi connectivity index (χ1) is 13.3. The predicted octanol–water partition coefficient (Wildman–Crippen LogP) is 3.29. The van der Waals surface area contributed by atoms with Crippen LogP contribution in [-0.2, 0) is 9.53 Å². The standard InChI is InChI=1S/C24H34O4/c1-21-6-3-12(25)11-23(21,27)16-9-13(16)19-15(21)4-7-22(2)20(19)14-10-17(14)24(22)8-5-18(26)28-24/h12-17,19-20,25,27H,3-11H2,1-2H3/t12?,13-,14?,15?,16+,17-,19?,20?,21?,22?,23?,24-/m0/s1. The molecule has 7 aliphatic rings. The number of hydrogen-bond acceptors (Lipinski definition) is 4. The SMILES string of the molecule is CC12CCC(O)CC1(O)[C@@H]1C[C@@H]1C1C2CCC2(C)C1C1C[C@@H]1[C@@]21CCC(=O)O1. The van der Waals surface area contributed by atoms with Gasteiger partial charge in [-0.1, -0.05) is 13.8 Å². The predicted molar refractivity (Wildman–Crippen MR) is 102 cm³/mol. The van der Waals surface area contributed by atoms with Gasteiger partial charge in [0.2, 0.25) is 0 Å². The van der Waals surface area contributed by atoms with Gasteiger partial charge in [0.15, 0.2) is 0 Å². The smallest absolute Gasteiger partial charge is 0.306 e. The maximum atomic E-state index is 12.2. The molecule has 4 nitrogen and oxygen atoms in total. The third kappa shape index (κ3) is 1.59. The van der Waals surface area contributed by atoms with Gasteiger partial charge in [0.05, 0.1) is 11.7 Å². The van der Waals surface area contributed by atoms with Crippen molar-refractivity contribution in [2.75, 3.05) is 0 Å². The molecule has 8 unspecified atom stereocenters. The van der Waals surface area contributed by atoms with Gasteiger partial charge in [-0.15, -0.1) is 0 Å². The third-order valence-corrected chi connectivity index (χ3v) is 11.8. The molecule has 154 valence electrons. The highest BCUT2D eigenvalue weighted by Gasteiger charge is 2.82. The van der Waals surface area contributed by atoms with Crippen LogP contribution in [0.3, 0.4) is 0 Å². The number of aliphatic hydroxyl groups excluding tert-OH is 1. The van der Waals surface area contributed by atoms with Crippen LogP contribution in [0.5, 0.6) is 0 Å². The highest BCUT2D eigenvalue weighted by molar-refractivity contribution is 5.73. The largest absolute Gasteiger partial charge is 0.458 e. The molecule has 28 heavy (non-hydrogen) atoms. The molecule has 0 radical (unpaired) electrons. The van der Waals surface area contributed by atoms with E-state index < -0.39 is 5.60 Å². The van der Waals surface area contributed by atoms with Crippen molar-refractivity contribution in [3.8, 4) is 0 Å². The van der Waals surface area contributed by atoms with Crippen LogP contribution in [0, 0.1) is 52.3 Å². The van der Waals surface area contributed by atoms with Crippen LogP contribution >= 0.6 is 0 Å². The Labute approximate surface area is 167 Å². The van der Waals surface area contributed by atoms with Gasteiger partial charge in [0, 0.05) is 24.2 Å². The molecule has 0 aromatic rings. The lowest BCUT2D eigenvalue weighted by atomic mass is 9.42. The molecule has 1 saturated heterocycles. The highest BCUT2D eigenvalue weighted by atomic mass is 16.6. The van der Waals surface area contributed by atoms with Gasteiger partial charge in [-0.2, -0.15) is 0 Å². The molecule has 7 fully saturated rings. The van der Waals surface area contributed by atoms with E-state index in [4.69, 9.17) is 4.74 Å². The number of esters is 1. The Morgan fingerprint density at radius 1 is 0.964 bits per heavy atom. The molecule has 12 atom stereocenters. The lowest BCUT2D eigenvalue weighted by molar-refractivity contribution is -0.237. The number of fused-ring (bicyclic) bond motifs is 12. The molecule has 7 rings (SSSR count). The van der Waals surface area contributed by atoms with E-state index in [2.05, 4.69) is 13.8 Å². The normalized spacial score (nSPS) is 68.4. The van der Waals surface area contributed by atoms with Crippen LogP contribution in [0.2, 0.25) is 0 Å². The maximum absolute atomic E-state index is 12.2. The summed E-state index contributed by atoms with van der Waals surface area (Å²) in [7, 11) is 0. The first-order valence-electron chi connectivity index (χ1n) is 11.9. The fourth-order valence-electron chi connectivity index (χ4n) is 10.5. The molecule has 6 saturated carbocycles. The molecule has 4 heteroatoms. The van der Waals surface area contributed by atoms with Gasteiger partial charge in [-0.3, -0.25) is 4.79 Å². The molecule has 1 spiro atoms. The van der Waals surface area contributed by atoms with Crippen molar-refractivity contribution in [2.24, 2.45) is 52.3 Å². The second kappa shape index (κ2) is 4.66. The Kier molecular flexibility index (Phi) is 2.85. The van der Waals surface area contributed by atoms with E-state index in [-0.39, 0.29) is 28.5 Å². The molecular weight excluding hydrogens is 352 g/mol. The minimum absolute atomic E-state index is 0.0326. The number of hydrogen-bond donors (Lipinski definition) is 2. The van der Waals surface area contributed by atoms with Crippen molar-refractivity contribution in [3.63, 3.8) is 0 Å². The summed E-state index contributed by atoms with van der Waals surface area (Å²) >= 11 is 0. The lowest BCUT2D eigenvalue weighted by Crippen LogP contribution is -2.65. The van der Waals surface area contributed by atoms with Crippen molar-refractivity contribution in [3.05, 3.63) is 0 Å². The zero-order chi connectivity index (χ0) is 19.3. The Morgan fingerprint density at radius 2 is 1.71 bits per heavy atom. The minimum Gasteiger partial charge on any atom is -0.458 e. The number of rotatable bonds is 0. The first-order valence-corrected chi connectivity index (χ1v) is 11.9. The van der Waals surface area contributed by atoms with Gasteiger partial charge in [0.1, 0.15) is 5.60 Å². The Morgan fingerprint density at radius 3 is 2.46 bits per heavy atom. The van der Waals surface area contributed by atoms with E-state index in [1.54, 1.807) is 0 Å². The van der Waals surface area contributed by atoms with Crippen molar-refractivity contribution in [1.29, 1.82) is 0 Å². The van der Waals surface area contributed by atoms with Gasteiger partial charge in [-0.05, 0) is 85.9 Å². The quantitative estimate of drug-likeness (QED) is 0.627. The van der Waals surface area contributed by atoms with Crippen LogP contribution in [0.15, 0.2) is 0 Å². The number of aliphatic hydroxyl groups is 2. The maximum Gasteiger partial charge on any atom is 0.306 e. The molecule has 2 N–H and O–H groups in total. The van der Waals surface area contributed by atoms with Crippen molar-refractivity contribution >= 4 is 5.97 Å². The van der Waals surface area contributed by atoms with Crippen LogP contribution in [0.4, 0.5) is 0 Å². The van der Waals surface area contributed by atoms with Crippen molar-refractivity contribution in [2.45, 2.75) is 88.9 Å². The Balaban J connectivity index is 1.32. The number of carbonyl (C=O) groups is 1. The average Bonchev–Trinajstić information content (AvgIpc) is 3.54. The zero-order valence-electron chi connectivity index (χ0n) is 17.2. The van der Waals surface area contributed by atoms with Crippen LogP contribution < -0.4 is 0 Å². The molecule has 0 aromatic carbocycles. The second-order valence-corrected chi connectivity index (χ2v) is 12.3. The van der Waals surface area contributed by atoms with E-state index in [0.29, 0.717) is 48.3 Å². The topological polar surface area (TPSA) is 66.8 Å². The molecule has 1 aliphatic heterocycles. The summed E-state index contributed by atoms with van der Waals surface area (Å²) in [5.41, 5.74) is -0.751. The monoisotopic (exact) mass is 386 g/mol. The van der Waals surface area contributed by atoms with E-state index in [9.17, 15) is 15.0 Å². The number of ether oxygens (including phenoxy) is 1. The van der Waals surface area contributed by atoms with Crippen LogP contribution in [0.1, 0.15) is 71.6 Å².